The molecule has 3 heteroatoms. The summed E-state index contributed by atoms with van der Waals surface area (Å²) in [4.78, 5) is 0. The second kappa shape index (κ2) is 4.31. The molecule has 1 atom stereocenters. The Morgan fingerprint density at radius 1 is 1.26 bits per heavy atom. The van der Waals surface area contributed by atoms with Gasteiger partial charge in [-0.15, -0.1) is 11.6 Å². The maximum atomic E-state index is 6.57. The Kier molecular flexibility index (Phi) is 2.86. The molecule has 0 spiro atoms. The van der Waals surface area contributed by atoms with E-state index in [4.69, 9.17) is 20.8 Å². The number of furan rings is 1. The summed E-state index contributed by atoms with van der Waals surface area (Å²) < 4.78 is 11.0. The maximum absolute atomic E-state index is 6.57. The lowest BCUT2D eigenvalue weighted by Crippen LogP contribution is -2.18. The van der Waals surface area contributed by atoms with Crippen LogP contribution >= 0.6 is 11.6 Å². The molecule has 2 aromatic rings. The molecule has 0 bridgehead atoms. The van der Waals surface area contributed by atoms with Gasteiger partial charge in [0.2, 0.25) is 0 Å². The summed E-state index contributed by atoms with van der Waals surface area (Å²) in [6, 6.07) is 8.14. The minimum Gasteiger partial charge on any atom is -0.492 e. The van der Waals surface area contributed by atoms with Crippen molar-refractivity contribution in [3.8, 4) is 5.75 Å². The van der Waals surface area contributed by atoms with Gasteiger partial charge >= 0.3 is 0 Å². The van der Waals surface area contributed by atoms with Crippen LogP contribution in [0.3, 0.4) is 0 Å². The molecule has 2 heterocycles. The average molecular weight is 277 g/mol. The molecule has 1 unspecified atom stereocenters. The van der Waals surface area contributed by atoms with Gasteiger partial charge in [0, 0.05) is 16.5 Å². The highest BCUT2D eigenvalue weighted by Gasteiger charge is 2.32. The Morgan fingerprint density at radius 2 is 2.05 bits per heavy atom. The van der Waals surface area contributed by atoms with Crippen molar-refractivity contribution >= 4 is 11.6 Å². The molecule has 0 saturated carbocycles. The minimum atomic E-state index is -0.180. The predicted octanol–water partition coefficient (Wildman–Crippen LogP) is 4.59. The van der Waals surface area contributed by atoms with E-state index in [1.807, 2.05) is 25.1 Å². The van der Waals surface area contributed by atoms with Crippen molar-refractivity contribution in [3.63, 3.8) is 0 Å². The molecule has 0 radical (unpaired) electrons. The molecule has 100 valence electrons. The highest BCUT2D eigenvalue weighted by molar-refractivity contribution is 6.22. The lowest BCUT2D eigenvalue weighted by Gasteiger charge is -2.17. The highest BCUT2D eigenvalue weighted by atomic mass is 35.5. The second-order valence-electron chi connectivity index (χ2n) is 5.72. The van der Waals surface area contributed by atoms with Crippen molar-refractivity contribution in [2.75, 3.05) is 6.61 Å². The van der Waals surface area contributed by atoms with E-state index in [0.717, 1.165) is 29.2 Å². The molecule has 2 nitrogen and oxygen atoms in total. The Labute approximate surface area is 118 Å². The van der Waals surface area contributed by atoms with Crippen molar-refractivity contribution in [1.82, 2.24) is 0 Å². The first kappa shape index (κ1) is 12.6. The summed E-state index contributed by atoms with van der Waals surface area (Å²) >= 11 is 6.57. The molecule has 0 saturated heterocycles. The van der Waals surface area contributed by atoms with Crippen molar-refractivity contribution in [2.24, 2.45) is 0 Å². The van der Waals surface area contributed by atoms with Gasteiger partial charge in [-0.2, -0.15) is 0 Å². The number of hydrogen-bond donors (Lipinski definition) is 0. The number of aryl methyl sites for hydroxylation is 1. The van der Waals surface area contributed by atoms with E-state index >= 15 is 0 Å². The van der Waals surface area contributed by atoms with Gasteiger partial charge in [0.15, 0.2) is 0 Å². The zero-order valence-electron chi connectivity index (χ0n) is 11.4. The Hall–Kier alpha value is -1.41. The van der Waals surface area contributed by atoms with Crippen LogP contribution in [0.25, 0.3) is 0 Å². The van der Waals surface area contributed by atoms with Crippen LogP contribution in [0.2, 0.25) is 0 Å². The zero-order valence-corrected chi connectivity index (χ0v) is 12.1. The Morgan fingerprint density at radius 3 is 2.74 bits per heavy atom. The lowest BCUT2D eigenvalue weighted by molar-refractivity contribution is 0.291. The van der Waals surface area contributed by atoms with Crippen LogP contribution in [0.15, 0.2) is 34.9 Å². The molecule has 1 aliphatic rings. The van der Waals surface area contributed by atoms with Crippen LogP contribution in [0, 0.1) is 6.92 Å². The maximum Gasteiger partial charge on any atom is 0.123 e. The molecule has 3 rings (SSSR count). The standard InChI is InChI=1S/C16H17ClO2/c1-10-12(6-7-18-10)15(17)11-4-5-14-13(8-11)16(2,3)9-19-14/h4-8,15H,9H2,1-3H3. The van der Waals surface area contributed by atoms with E-state index in [1.54, 1.807) is 6.26 Å². The molecule has 0 fully saturated rings. The van der Waals surface area contributed by atoms with Crippen LogP contribution in [0.4, 0.5) is 0 Å². The normalized spacial score (nSPS) is 17.9. The van der Waals surface area contributed by atoms with Gasteiger partial charge in [0.05, 0.1) is 18.2 Å². The second-order valence-corrected chi connectivity index (χ2v) is 6.16. The SMILES string of the molecule is Cc1occc1C(Cl)c1ccc2c(c1)C(C)(C)CO2. The first-order chi connectivity index (χ1) is 8.99. The third kappa shape index (κ3) is 2.04. The third-order valence-electron chi connectivity index (χ3n) is 3.79. The zero-order chi connectivity index (χ0) is 13.6. The Balaban J connectivity index is 2.02. The summed E-state index contributed by atoms with van der Waals surface area (Å²) in [5.74, 6) is 1.84. The lowest BCUT2D eigenvalue weighted by atomic mass is 9.85. The smallest absolute Gasteiger partial charge is 0.123 e. The minimum absolute atomic E-state index is 0.0490. The molecule has 0 aliphatic carbocycles. The van der Waals surface area contributed by atoms with Crippen LogP contribution in [0.5, 0.6) is 5.75 Å². The van der Waals surface area contributed by atoms with Crippen LogP contribution in [-0.4, -0.2) is 6.61 Å². The van der Waals surface area contributed by atoms with Gasteiger partial charge < -0.3 is 9.15 Å². The summed E-state index contributed by atoms with van der Waals surface area (Å²) in [6.07, 6.45) is 1.68. The van der Waals surface area contributed by atoms with Gasteiger partial charge in [0.25, 0.3) is 0 Å². The third-order valence-corrected chi connectivity index (χ3v) is 4.27. The van der Waals surface area contributed by atoms with Crippen molar-refractivity contribution in [3.05, 3.63) is 53.0 Å². The summed E-state index contributed by atoms with van der Waals surface area (Å²) in [5.41, 5.74) is 3.39. The molecular weight excluding hydrogens is 260 g/mol. The molecular formula is C16H17ClO2. The quantitative estimate of drug-likeness (QED) is 0.749. The number of ether oxygens (including phenoxy) is 1. The van der Waals surface area contributed by atoms with Crippen molar-refractivity contribution in [1.29, 1.82) is 0 Å². The van der Waals surface area contributed by atoms with E-state index in [-0.39, 0.29) is 10.8 Å². The van der Waals surface area contributed by atoms with Crippen LogP contribution in [0.1, 0.15) is 41.7 Å². The van der Waals surface area contributed by atoms with E-state index in [2.05, 4.69) is 19.9 Å². The van der Waals surface area contributed by atoms with Gasteiger partial charge in [-0.3, -0.25) is 0 Å². The number of rotatable bonds is 2. The van der Waals surface area contributed by atoms with Gasteiger partial charge in [-0.1, -0.05) is 19.9 Å². The van der Waals surface area contributed by atoms with Gasteiger partial charge in [-0.25, -0.2) is 0 Å². The van der Waals surface area contributed by atoms with Crippen molar-refractivity contribution in [2.45, 2.75) is 31.6 Å². The van der Waals surface area contributed by atoms with Crippen LogP contribution < -0.4 is 4.74 Å². The fraction of sp³-hybridized carbons (Fsp3) is 0.375. The number of alkyl halides is 1. The van der Waals surface area contributed by atoms with Crippen LogP contribution in [-0.2, 0) is 5.41 Å². The number of benzene rings is 1. The molecule has 1 aromatic carbocycles. The largest absolute Gasteiger partial charge is 0.492 e. The summed E-state index contributed by atoms with van der Waals surface area (Å²) in [7, 11) is 0. The highest BCUT2D eigenvalue weighted by Crippen LogP contribution is 2.41. The first-order valence-corrected chi connectivity index (χ1v) is 6.88. The van der Waals surface area contributed by atoms with E-state index in [0.29, 0.717) is 0 Å². The fourth-order valence-corrected chi connectivity index (χ4v) is 2.90. The van der Waals surface area contributed by atoms with Gasteiger partial charge in [0.1, 0.15) is 11.5 Å². The summed E-state index contributed by atoms with van der Waals surface area (Å²) in [6.45, 7) is 7.04. The molecule has 19 heavy (non-hydrogen) atoms. The Bertz CT molecular complexity index is 613. The molecule has 0 amide bonds. The van der Waals surface area contributed by atoms with E-state index < -0.39 is 0 Å². The van der Waals surface area contributed by atoms with E-state index in [9.17, 15) is 0 Å². The summed E-state index contributed by atoms with van der Waals surface area (Å²) in [5, 5.41) is -0.180. The average Bonchev–Trinajstić information content (AvgIpc) is 2.93. The van der Waals surface area contributed by atoms with E-state index in [1.165, 1.54) is 5.56 Å². The number of hydrogen-bond acceptors (Lipinski definition) is 2. The molecule has 1 aliphatic heterocycles. The predicted molar refractivity (Wildman–Crippen MR) is 76.1 cm³/mol. The first-order valence-electron chi connectivity index (χ1n) is 6.44. The topological polar surface area (TPSA) is 22.4 Å². The van der Waals surface area contributed by atoms with Gasteiger partial charge in [-0.05, 0) is 30.7 Å². The fourth-order valence-electron chi connectivity index (χ4n) is 2.53. The number of halogens is 1. The molecule has 1 aromatic heterocycles. The monoisotopic (exact) mass is 276 g/mol. The number of fused-ring (bicyclic) bond motifs is 1. The molecule has 0 N–H and O–H groups in total. The van der Waals surface area contributed by atoms with Crippen molar-refractivity contribution < 1.29 is 9.15 Å².